The molecule has 7 nitrogen and oxygen atoms in total. The van der Waals surface area contributed by atoms with Crippen LogP contribution in [0.1, 0.15) is 33.4 Å². The van der Waals surface area contributed by atoms with Gasteiger partial charge in [0.15, 0.2) is 0 Å². The van der Waals surface area contributed by atoms with Gasteiger partial charge >= 0.3 is 0 Å². The number of rotatable bonds is 7. The van der Waals surface area contributed by atoms with Crippen LogP contribution in [0.5, 0.6) is 0 Å². The zero-order valence-electron chi connectivity index (χ0n) is 15.8. The number of carbonyl (C=O) groups is 3. The SMILES string of the molecule is CC(NC(=O)c1ccccc1NC(=O)c1ccccc1)C(=O)NCc1ccco1. The van der Waals surface area contributed by atoms with Crippen molar-refractivity contribution >= 4 is 23.4 Å². The minimum atomic E-state index is -0.768. The molecule has 3 N–H and O–H groups in total. The molecule has 0 bridgehead atoms. The summed E-state index contributed by atoms with van der Waals surface area (Å²) in [5, 5.41) is 8.08. The van der Waals surface area contributed by atoms with Gasteiger partial charge in [-0.05, 0) is 43.3 Å². The molecule has 29 heavy (non-hydrogen) atoms. The number of carbonyl (C=O) groups excluding carboxylic acids is 3. The summed E-state index contributed by atoms with van der Waals surface area (Å²) in [6.07, 6.45) is 1.52. The van der Waals surface area contributed by atoms with E-state index in [1.165, 1.54) is 6.26 Å². The second-order valence-electron chi connectivity index (χ2n) is 6.36. The van der Waals surface area contributed by atoms with Crippen molar-refractivity contribution in [3.05, 3.63) is 89.9 Å². The molecule has 3 aromatic rings. The lowest BCUT2D eigenvalue weighted by Gasteiger charge is -2.16. The van der Waals surface area contributed by atoms with Gasteiger partial charge in [-0.3, -0.25) is 14.4 Å². The Balaban J connectivity index is 1.63. The quantitative estimate of drug-likeness (QED) is 0.576. The van der Waals surface area contributed by atoms with Crippen LogP contribution in [0.25, 0.3) is 0 Å². The molecule has 0 saturated carbocycles. The van der Waals surface area contributed by atoms with Crippen molar-refractivity contribution < 1.29 is 18.8 Å². The fraction of sp³-hybridized carbons (Fsp3) is 0.136. The van der Waals surface area contributed by atoms with E-state index in [4.69, 9.17) is 4.42 Å². The summed E-state index contributed by atoms with van der Waals surface area (Å²) in [7, 11) is 0. The summed E-state index contributed by atoms with van der Waals surface area (Å²) in [5.74, 6) is -0.518. The second-order valence-corrected chi connectivity index (χ2v) is 6.36. The number of hydrogen-bond acceptors (Lipinski definition) is 4. The summed E-state index contributed by atoms with van der Waals surface area (Å²) >= 11 is 0. The minimum Gasteiger partial charge on any atom is -0.467 e. The third-order valence-electron chi connectivity index (χ3n) is 4.21. The molecule has 3 amide bonds. The van der Waals surface area contributed by atoms with E-state index in [1.54, 1.807) is 67.6 Å². The maximum atomic E-state index is 12.7. The molecule has 1 atom stereocenters. The highest BCUT2D eigenvalue weighted by Crippen LogP contribution is 2.16. The monoisotopic (exact) mass is 391 g/mol. The van der Waals surface area contributed by atoms with Crippen molar-refractivity contribution in [3.63, 3.8) is 0 Å². The molecule has 0 saturated heterocycles. The minimum absolute atomic E-state index is 0.232. The van der Waals surface area contributed by atoms with Gasteiger partial charge < -0.3 is 20.4 Å². The second kappa shape index (κ2) is 9.36. The Morgan fingerprint density at radius 1 is 0.897 bits per heavy atom. The van der Waals surface area contributed by atoms with Crippen LogP contribution in [0.3, 0.4) is 0 Å². The van der Waals surface area contributed by atoms with Gasteiger partial charge in [-0.2, -0.15) is 0 Å². The molecule has 0 aliphatic rings. The smallest absolute Gasteiger partial charge is 0.255 e. The molecule has 1 heterocycles. The Bertz CT molecular complexity index is 984. The predicted octanol–water partition coefficient (Wildman–Crippen LogP) is 2.97. The lowest BCUT2D eigenvalue weighted by Crippen LogP contribution is -2.44. The van der Waals surface area contributed by atoms with Crippen molar-refractivity contribution in [2.75, 3.05) is 5.32 Å². The summed E-state index contributed by atoms with van der Waals surface area (Å²) in [6, 6.07) is 18.0. The van der Waals surface area contributed by atoms with Gasteiger partial charge in [0.1, 0.15) is 11.8 Å². The Labute approximate surface area is 168 Å². The molecule has 7 heteroatoms. The fourth-order valence-corrected chi connectivity index (χ4v) is 2.65. The number of nitrogens with one attached hydrogen (secondary N) is 3. The number of para-hydroxylation sites is 1. The average molecular weight is 391 g/mol. The van der Waals surface area contributed by atoms with E-state index in [2.05, 4.69) is 16.0 Å². The molecule has 148 valence electrons. The third kappa shape index (κ3) is 5.32. The molecule has 0 aliphatic heterocycles. The first-order valence-electron chi connectivity index (χ1n) is 9.11. The number of anilines is 1. The topological polar surface area (TPSA) is 100 Å². The van der Waals surface area contributed by atoms with E-state index < -0.39 is 11.9 Å². The van der Waals surface area contributed by atoms with E-state index in [9.17, 15) is 14.4 Å². The first kappa shape index (κ1) is 19.9. The van der Waals surface area contributed by atoms with Crippen LogP contribution in [-0.4, -0.2) is 23.8 Å². The summed E-state index contributed by atoms with van der Waals surface area (Å²) in [5.41, 5.74) is 1.11. The molecule has 1 unspecified atom stereocenters. The van der Waals surface area contributed by atoms with Crippen LogP contribution in [0, 0.1) is 0 Å². The van der Waals surface area contributed by atoms with E-state index in [-0.39, 0.29) is 23.9 Å². The number of amides is 3. The standard InChI is InChI=1S/C22H21N3O4/c1-15(20(26)23-14-17-10-7-13-29-17)24-22(28)18-11-5-6-12-19(18)25-21(27)16-8-3-2-4-9-16/h2-13,15H,14H2,1H3,(H,23,26)(H,24,28)(H,25,27). The first-order valence-corrected chi connectivity index (χ1v) is 9.11. The first-order chi connectivity index (χ1) is 14.0. The largest absolute Gasteiger partial charge is 0.467 e. The highest BCUT2D eigenvalue weighted by Gasteiger charge is 2.19. The van der Waals surface area contributed by atoms with E-state index in [0.717, 1.165) is 0 Å². The maximum Gasteiger partial charge on any atom is 0.255 e. The Hall–Kier alpha value is -3.87. The Morgan fingerprint density at radius 2 is 1.62 bits per heavy atom. The Morgan fingerprint density at radius 3 is 2.34 bits per heavy atom. The van der Waals surface area contributed by atoms with E-state index in [1.807, 2.05) is 6.07 Å². The molecular formula is C22H21N3O4. The predicted molar refractivity (Wildman–Crippen MR) is 108 cm³/mol. The molecule has 1 aromatic heterocycles. The molecule has 3 rings (SSSR count). The van der Waals surface area contributed by atoms with Gasteiger partial charge in [-0.15, -0.1) is 0 Å². The van der Waals surface area contributed by atoms with Crippen LogP contribution in [0.2, 0.25) is 0 Å². The van der Waals surface area contributed by atoms with Crippen LogP contribution < -0.4 is 16.0 Å². The van der Waals surface area contributed by atoms with Gasteiger partial charge in [-0.1, -0.05) is 30.3 Å². The van der Waals surface area contributed by atoms with Crippen LogP contribution >= 0.6 is 0 Å². The molecular weight excluding hydrogens is 370 g/mol. The molecule has 0 aliphatic carbocycles. The van der Waals surface area contributed by atoms with Crippen LogP contribution in [0.4, 0.5) is 5.69 Å². The van der Waals surface area contributed by atoms with Gasteiger partial charge in [0.05, 0.1) is 24.1 Å². The average Bonchev–Trinajstić information content (AvgIpc) is 3.26. The summed E-state index contributed by atoms with van der Waals surface area (Å²) in [6.45, 7) is 1.82. The molecule has 0 fully saturated rings. The van der Waals surface area contributed by atoms with Crippen molar-refractivity contribution in [2.45, 2.75) is 19.5 Å². The summed E-state index contributed by atoms with van der Waals surface area (Å²) in [4.78, 5) is 37.3. The van der Waals surface area contributed by atoms with Crippen molar-refractivity contribution in [1.29, 1.82) is 0 Å². The van der Waals surface area contributed by atoms with Gasteiger partial charge in [0.2, 0.25) is 5.91 Å². The van der Waals surface area contributed by atoms with Gasteiger partial charge in [0.25, 0.3) is 11.8 Å². The van der Waals surface area contributed by atoms with Crippen molar-refractivity contribution in [2.24, 2.45) is 0 Å². The molecule has 2 aromatic carbocycles. The van der Waals surface area contributed by atoms with E-state index in [0.29, 0.717) is 17.0 Å². The number of furan rings is 1. The Kier molecular flexibility index (Phi) is 6.42. The lowest BCUT2D eigenvalue weighted by atomic mass is 10.1. The zero-order valence-corrected chi connectivity index (χ0v) is 15.8. The molecule has 0 radical (unpaired) electrons. The zero-order chi connectivity index (χ0) is 20.6. The van der Waals surface area contributed by atoms with Crippen LogP contribution in [0.15, 0.2) is 77.4 Å². The van der Waals surface area contributed by atoms with Gasteiger partial charge in [0, 0.05) is 5.56 Å². The fourth-order valence-electron chi connectivity index (χ4n) is 2.65. The van der Waals surface area contributed by atoms with Crippen molar-refractivity contribution in [3.8, 4) is 0 Å². The van der Waals surface area contributed by atoms with Gasteiger partial charge in [-0.25, -0.2) is 0 Å². The maximum absolute atomic E-state index is 12.7. The van der Waals surface area contributed by atoms with E-state index >= 15 is 0 Å². The third-order valence-corrected chi connectivity index (χ3v) is 4.21. The normalized spacial score (nSPS) is 11.3. The lowest BCUT2D eigenvalue weighted by molar-refractivity contribution is -0.122. The highest BCUT2D eigenvalue weighted by molar-refractivity contribution is 6.09. The van der Waals surface area contributed by atoms with Crippen LogP contribution in [-0.2, 0) is 11.3 Å². The number of hydrogen-bond donors (Lipinski definition) is 3. The number of benzene rings is 2. The highest BCUT2D eigenvalue weighted by atomic mass is 16.3. The van der Waals surface area contributed by atoms with Crippen molar-refractivity contribution in [1.82, 2.24) is 10.6 Å². The summed E-state index contributed by atoms with van der Waals surface area (Å²) < 4.78 is 5.16. The molecule has 0 spiro atoms.